The van der Waals surface area contributed by atoms with Crippen molar-refractivity contribution >= 4 is 54.2 Å². The number of nitrogens with zero attached hydrogens (tertiary/aromatic N) is 4. The van der Waals surface area contributed by atoms with Crippen molar-refractivity contribution in [1.29, 1.82) is 0 Å². The van der Waals surface area contributed by atoms with Crippen LogP contribution in [0.2, 0.25) is 5.02 Å². The van der Waals surface area contributed by atoms with Crippen molar-refractivity contribution in [3.8, 4) is 0 Å². The summed E-state index contributed by atoms with van der Waals surface area (Å²) in [6.07, 6.45) is 0.958. The minimum atomic E-state index is -3.57. The summed E-state index contributed by atoms with van der Waals surface area (Å²) >= 11 is 7.85. The molecule has 1 saturated heterocycles. The molecule has 35 heavy (non-hydrogen) atoms. The Morgan fingerprint density at radius 1 is 1.09 bits per heavy atom. The summed E-state index contributed by atoms with van der Waals surface area (Å²) in [5.41, 5.74) is 2.85. The highest BCUT2D eigenvalue weighted by Crippen LogP contribution is 2.37. The molecule has 0 saturated carbocycles. The maximum Gasteiger partial charge on any atom is 0.243 e. The molecular formula is C25H31ClN4O3S2. The molecule has 3 aromatic rings. The van der Waals surface area contributed by atoms with Crippen LogP contribution in [-0.4, -0.2) is 68.8 Å². The van der Waals surface area contributed by atoms with E-state index in [0.717, 1.165) is 21.3 Å². The SMILES string of the molecule is Cc1ccc(S(=O)(=O)N2CCC(C(=O)N(CCN(C)C)c3nc4c(C)ccc(Cl)c4s3)CC2)cc1. The summed E-state index contributed by atoms with van der Waals surface area (Å²) in [6.45, 7) is 5.74. The molecule has 1 amide bonds. The fraction of sp³-hybridized carbons (Fsp3) is 0.440. The van der Waals surface area contributed by atoms with Gasteiger partial charge in [0, 0.05) is 32.1 Å². The quantitative estimate of drug-likeness (QED) is 0.444. The number of benzene rings is 2. The van der Waals surface area contributed by atoms with Crippen LogP contribution in [0, 0.1) is 19.8 Å². The van der Waals surface area contributed by atoms with E-state index in [1.54, 1.807) is 29.2 Å². The van der Waals surface area contributed by atoms with Crippen molar-refractivity contribution in [1.82, 2.24) is 14.2 Å². The molecule has 0 N–H and O–H groups in total. The van der Waals surface area contributed by atoms with E-state index in [1.807, 2.05) is 45.0 Å². The van der Waals surface area contributed by atoms with E-state index in [0.29, 0.717) is 54.1 Å². The maximum absolute atomic E-state index is 13.7. The fourth-order valence-corrected chi connectivity index (χ4v) is 7.05. The largest absolute Gasteiger partial charge is 0.308 e. The molecule has 0 spiro atoms. The lowest BCUT2D eigenvalue weighted by Gasteiger charge is -2.33. The van der Waals surface area contributed by atoms with Gasteiger partial charge >= 0.3 is 0 Å². The van der Waals surface area contributed by atoms with Crippen molar-refractivity contribution in [2.45, 2.75) is 31.6 Å². The number of rotatable bonds is 7. The molecule has 1 fully saturated rings. The second-order valence-electron chi connectivity index (χ2n) is 9.32. The van der Waals surface area contributed by atoms with Crippen LogP contribution in [0.4, 0.5) is 5.13 Å². The van der Waals surface area contributed by atoms with Crippen molar-refractivity contribution in [3.63, 3.8) is 0 Å². The van der Waals surface area contributed by atoms with Crippen molar-refractivity contribution in [2.24, 2.45) is 5.92 Å². The first kappa shape index (κ1) is 26.0. The molecule has 188 valence electrons. The van der Waals surface area contributed by atoms with Crippen LogP contribution >= 0.6 is 22.9 Å². The molecule has 2 heterocycles. The molecular weight excluding hydrogens is 504 g/mol. The Balaban J connectivity index is 1.53. The van der Waals surface area contributed by atoms with E-state index in [2.05, 4.69) is 0 Å². The summed E-state index contributed by atoms with van der Waals surface area (Å²) < 4.78 is 28.5. The second-order valence-corrected chi connectivity index (χ2v) is 12.6. The first-order chi connectivity index (χ1) is 16.6. The first-order valence-electron chi connectivity index (χ1n) is 11.7. The lowest BCUT2D eigenvalue weighted by molar-refractivity contribution is -0.123. The third-order valence-corrected chi connectivity index (χ3v) is 9.87. The number of anilines is 1. The van der Waals surface area contributed by atoms with E-state index in [9.17, 15) is 13.2 Å². The highest BCUT2D eigenvalue weighted by atomic mass is 35.5. The topological polar surface area (TPSA) is 73.8 Å². The number of fused-ring (bicyclic) bond motifs is 1. The Morgan fingerprint density at radius 2 is 1.74 bits per heavy atom. The van der Waals surface area contributed by atoms with Crippen LogP contribution in [0.5, 0.6) is 0 Å². The third-order valence-electron chi connectivity index (χ3n) is 6.42. The molecule has 0 atom stereocenters. The number of carbonyl (C=O) groups excluding carboxylic acids is 1. The monoisotopic (exact) mass is 534 g/mol. The molecule has 2 aromatic carbocycles. The molecule has 1 aliphatic rings. The number of aryl methyl sites for hydroxylation is 2. The number of piperidine rings is 1. The fourth-order valence-electron chi connectivity index (χ4n) is 4.23. The van der Waals surface area contributed by atoms with E-state index in [4.69, 9.17) is 16.6 Å². The summed E-state index contributed by atoms with van der Waals surface area (Å²) in [5.74, 6) is -0.266. The molecule has 0 bridgehead atoms. The number of hydrogen-bond acceptors (Lipinski definition) is 6. The molecule has 0 aliphatic carbocycles. The van der Waals surface area contributed by atoms with Crippen LogP contribution in [0.1, 0.15) is 24.0 Å². The Labute approximate surface area is 216 Å². The lowest BCUT2D eigenvalue weighted by atomic mass is 9.96. The van der Waals surface area contributed by atoms with E-state index < -0.39 is 10.0 Å². The van der Waals surface area contributed by atoms with Gasteiger partial charge in [0.25, 0.3) is 0 Å². The molecule has 0 unspecified atom stereocenters. The van der Waals surface area contributed by atoms with Gasteiger partial charge in [-0.2, -0.15) is 4.31 Å². The zero-order valence-corrected chi connectivity index (χ0v) is 22.9. The van der Waals surface area contributed by atoms with Crippen molar-refractivity contribution in [3.05, 3.63) is 52.5 Å². The van der Waals surface area contributed by atoms with Crippen LogP contribution < -0.4 is 4.90 Å². The van der Waals surface area contributed by atoms with Crippen LogP contribution in [0.3, 0.4) is 0 Å². The van der Waals surface area contributed by atoms with E-state index in [-0.39, 0.29) is 11.8 Å². The van der Waals surface area contributed by atoms with Gasteiger partial charge in [0.05, 0.1) is 20.1 Å². The summed E-state index contributed by atoms with van der Waals surface area (Å²) in [5, 5.41) is 1.27. The van der Waals surface area contributed by atoms with Crippen LogP contribution in [-0.2, 0) is 14.8 Å². The third kappa shape index (κ3) is 5.54. The number of carbonyl (C=O) groups is 1. The number of sulfonamides is 1. The number of thiazole rings is 1. The molecule has 1 aromatic heterocycles. The zero-order chi connectivity index (χ0) is 25.3. The van der Waals surface area contributed by atoms with Crippen LogP contribution in [0.25, 0.3) is 10.2 Å². The Bertz CT molecular complexity index is 1280. The number of hydrogen-bond donors (Lipinski definition) is 0. The van der Waals surface area contributed by atoms with Gasteiger partial charge in [-0.15, -0.1) is 0 Å². The Kier molecular flexibility index (Phi) is 7.83. The van der Waals surface area contributed by atoms with Gasteiger partial charge in [0.2, 0.25) is 15.9 Å². The van der Waals surface area contributed by atoms with Crippen molar-refractivity contribution < 1.29 is 13.2 Å². The minimum absolute atomic E-state index is 0.00735. The Hall–Kier alpha value is -2.04. The second kappa shape index (κ2) is 10.5. The van der Waals surface area contributed by atoms with Gasteiger partial charge in [-0.25, -0.2) is 13.4 Å². The highest BCUT2D eigenvalue weighted by molar-refractivity contribution is 7.89. The van der Waals surface area contributed by atoms with Gasteiger partial charge < -0.3 is 4.90 Å². The molecule has 0 radical (unpaired) electrons. The normalized spacial score (nSPS) is 15.7. The number of amides is 1. The molecule has 4 rings (SSSR count). The minimum Gasteiger partial charge on any atom is -0.308 e. The summed E-state index contributed by atoms with van der Waals surface area (Å²) in [7, 11) is 0.366. The number of halogens is 1. The summed E-state index contributed by atoms with van der Waals surface area (Å²) in [4.78, 5) is 22.6. The van der Waals surface area contributed by atoms with E-state index >= 15 is 0 Å². The van der Waals surface area contributed by atoms with Gasteiger partial charge in [-0.3, -0.25) is 9.69 Å². The van der Waals surface area contributed by atoms with E-state index in [1.165, 1.54) is 15.6 Å². The smallest absolute Gasteiger partial charge is 0.243 e. The molecule has 7 nitrogen and oxygen atoms in total. The lowest BCUT2D eigenvalue weighted by Crippen LogP contribution is -2.46. The number of aromatic nitrogens is 1. The van der Waals surface area contributed by atoms with Gasteiger partial charge in [0.15, 0.2) is 5.13 Å². The van der Waals surface area contributed by atoms with Gasteiger partial charge in [-0.05, 0) is 64.5 Å². The summed E-state index contributed by atoms with van der Waals surface area (Å²) in [6, 6.07) is 10.7. The molecule has 10 heteroatoms. The first-order valence-corrected chi connectivity index (χ1v) is 14.3. The van der Waals surface area contributed by atoms with Crippen molar-refractivity contribution in [2.75, 3.05) is 45.2 Å². The predicted octanol–water partition coefficient (Wildman–Crippen LogP) is 4.56. The number of likely N-dealkylation sites (N-methyl/N-ethyl adjacent to an activating group) is 1. The predicted molar refractivity (Wildman–Crippen MR) is 143 cm³/mol. The standard InChI is InChI=1S/C25H31ClN4O3S2/c1-17-5-8-20(9-6-17)35(32,33)29-13-11-19(12-14-29)24(31)30(16-15-28(3)4)25-27-22-18(2)7-10-21(26)23(22)34-25/h5-10,19H,11-16H2,1-4H3. The zero-order valence-electron chi connectivity index (χ0n) is 20.5. The average Bonchev–Trinajstić information content (AvgIpc) is 3.28. The average molecular weight is 535 g/mol. The Morgan fingerprint density at radius 3 is 2.34 bits per heavy atom. The highest BCUT2D eigenvalue weighted by Gasteiger charge is 2.35. The maximum atomic E-state index is 13.7. The van der Waals surface area contributed by atoms with Gasteiger partial charge in [0.1, 0.15) is 0 Å². The molecule has 1 aliphatic heterocycles. The van der Waals surface area contributed by atoms with Gasteiger partial charge in [-0.1, -0.05) is 46.7 Å². The van der Waals surface area contributed by atoms with Crippen LogP contribution in [0.15, 0.2) is 41.3 Å².